The van der Waals surface area contributed by atoms with Gasteiger partial charge in [-0.15, -0.1) is 0 Å². The van der Waals surface area contributed by atoms with Gasteiger partial charge in [0.25, 0.3) is 0 Å². The Balaban J connectivity index is 0.882. The smallest absolute Gasteiger partial charge is 0.312 e. The first-order valence-corrected chi connectivity index (χ1v) is 13.4. The van der Waals surface area contributed by atoms with Gasteiger partial charge in [-0.25, -0.2) is 0 Å². The summed E-state index contributed by atoms with van der Waals surface area (Å²) in [6.07, 6.45) is 8.07. The number of hydrogen-bond donors (Lipinski definition) is 0. The number of hydrogen-bond acceptors (Lipinski definition) is 5. The maximum Gasteiger partial charge on any atom is 0.312 e. The van der Waals surface area contributed by atoms with E-state index < -0.39 is 0 Å². The van der Waals surface area contributed by atoms with Crippen LogP contribution in [0.1, 0.15) is 51.9 Å². The van der Waals surface area contributed by atoms with E-state index in [1.807, 2.05) is 0 Å². The highest BCUT2D eigenvalue weighted by molar-refractivity contribution is 5.94. The van der Waals surface area contributed by atoms with Crippen LogP contribution in [0.5, 0.6) is 0 Å². The predicted octanol–water partition coefficient (Wildman–Crippen LogP) is 3.45. The standard InChI is InChI=1S/C27H34O5/c1-25-5-13-3-19-21(25)16(13)4-15(7-25)27(19)31-10-12(11-32-27)9-30-24(29)26-6-14-2-17-22(26)20(14)18(8-26)23(17)28/h12-22H,2-11H2,1H3. The molecule has 1 saturated heterocycles. The third-order valence-corrected chi connectivity index (χ3v) is 12.9. The molecule has 1 spiro atoms. The molecule has 0 aromatic heterocycles. The zero-order valence-corrected chi connectivity index (χ0v) is 19.0. The second-order valence-electron chi connectivity index (χ2n) is 13.9. The number of ether oxygens (including phenoxy) is 3. The fraction of sp³-hybridized carbons (Fsp3) is 0.926. The average molecular weight is 439 g/mol. The summed E-state index contributed by atoms with van der Waals surface area (Å²) in [6, 6.07) is 0. The van der Waals surface area contributed by atoms with Crippen LogP contribution in [-0.2, 0) is 23.8 Å². The summed E-state index contributed by atoms with van der Waals surface area (Å²) < 4.78 is 19.3. The summed E-state index contributed by atoms with van der Waals surface area (Å²) in [5.74, 6) is 5.70. The van der Waals surface area contributed by atoms with Crippen LogP contribution in [0.25, 0.3) is 0 Å². The number of esters is 1. The van der Waals surface area contributed by atoms with E-state index in [0.29, 0.717) is 60.6 Å². The lowest BCUT2D eigenvalue weighted by Gasteiger charge is -2.62. The Morgan fingerprint density at radius 2 is 1.84 bits per heavy atom. The first-order chi connectivity index (χ1) is 15.4. The molecule has 12 unspecified atom stereocenters. The van der Waals surface area contributed by atoms with Gasteiger partial charge < -0.3 is 14.2 Å². The molecule has 12 atom stereocenters. The molecule has 5 nitrogen and oxygen atoms in total. The van der Waals surface area contributed by atoms with Crippen LogP contribution in [-0.4, -0.2) is 37.4 Å². The van der Waals surface area contributed by atoms with Crippen LogP contribution >= 0.6 is 0 Å². The fourth-order valence-corrected chi connectivity index (χ4v) is 12.5. The average Bonchev–Trinajstić information content (AvgIpc) is 3.57. The summed E-state index contributed by atoms with van der Waals surface area (Å²) >= 11 is 0. The number of carbonyl (C=O) groups excluding carboxylic acids is 2. The van der Waals surface area contributed by atoms with Gasteiger partial charge in [-0.1, -0.05) is 6.92 Å². The summed E-state index contributed by atoms with van der Waals surface area (Å²) in [7, 11) is 0. The van der Waals surface area contributed by atoms with Crippen molar-refractivity contribution in [3.8, 4) is 0 Å². The Bertz CT molecular complexity index is 948. The van der Waals surface area contributed by atoms with E-state index in [2.05, 4.69) is 6.92 Å². The molecule has 0 aromatic carbocycles. The molecule has 0 N–H and O–H groups in total. The van der Waals surface area contributed by atoms with Gasteiger partial charge in [-0.05, 0) is 85.9 Å². The minimum absolute atomic E-state index is 0.0154. The van der Waals surface area contributed by atoms with E-state index in [0.717, 1.165) is 37.0 Å². The second-order valence-corrected chi connectivity index (χ2v) is 13.9. The van der Waals surface area contributed by atoms with Crippen molar-refractivity contribution in [3.05, 3.63) is 0 Å². The fourth-order valence-electron chi connectivity index (χ4n) is 12.5. The monoisotopic (exact) mass is 438 g/mol. The molecule has 10 fully saturated rings. The van der Waals surface area contributed by atoms with Gasteiger partial charge in [0.1, 0.15) is 5.78 Å². The zero-order valence-electron chi connectivity index (χ0n) is 19.0. The summed E-state index contributed by atoms with van der Waals surface area (Å²) in [4.78, 5) is 25.8. The van der Waals surface area contributed by atoms with E-state index in [1.165, 1.54) is 25.7 Å². The lowest BCUT2D eigenvalue weighted by atomic mass is 9.51. The van der Waals surface area contributed by atoms with Gasteiger partial charge in [0.15, 0.2) is 5.79 Å². The number of rotatable bonds is 3. The molecule has 1 heterocycles. The van der Waals surface area contributed by atoms with Gasteiger partial charge >= 0.3 is 5.97 Å². The first kappa shape index (κ1) is 18.4. The molecule has 1 aliphatic heterocycles. The third kappa shape index (κ3) is 1.76. The van der Waals surface area contributed by atoms with Gasteiger partial charge in [-0.3, -0.25) is 9.59 Å². The third-order valence-electron chi connectivity index (χ3n) is 12.9. The molecule has 5 heteroatoms. The minimum atomic E-state index is -0.347. The van der Waals surface area contributed by atoms with E-state index in [-0.39, 0.29) is 34.9 Å². The van der Waals surface area contributed by atoms with Gasteiger partial charge in [0, 0.05) is 29.6 Å². The molecule has 9 saturated carbocycles. The largest absolute Gasteiger partial charge is 0.465 e. The summed E-state index contributed by atoms with van der Waals surface area (Å²) in [6.45, 7) is 4.25. The SMILES string of the molecule is CC12CC3CC4C1C3CC(C2)C41OCC(COC(=O)C23CC4CC5C(=O)C(C2)C4C53)CO1. The quantitative estimate of drug-likeness (QED) is 0.632. The molecule has 10 rings (SSSR count). The maximum atomic E-state index is 13.3. The van der Waals surface area contributed by atoms with Crippen molar-refractivity contribution in [2.24, 2.45) is 75.9 Å². The highest BCUT2D eigenvalue weighted by Gasteiger charge is 2.79. The molecule has 32 heavy (non-hydrogen) atoms. The molecule has 10 aliphatic rings. The van der Waals surface area contributed by atoms with Crippen LogP contribution in [0.4, 0.5) is 0 Å². The van der Waals surface area contributed by atoms with Crippen molar-refractivity contribution in [1.29, 1.82) is 0 Å². The summed E-state index contributed by atoms with van der Waals surface area (Å²) in [5.41, 5.74) is 0.193. The Labute approximate surface area is 189 Å². The molecular weight excluding hydrogens is 404 g/mol. The van der Waals surface area contributed by atoms with Crippen LogP contribution in [0.2, 0.25) is 0 Å². The number of ketones is 1. The van der Waals surface area contributed by atoms with Gasteiger partial charge in [0.2, 0.25) is 0 Å². The molecule has 0 amide bonds. The highest BCUT2D eigenvalue weighted by atomic mass is 16.7. The van der Waals surface area contributed by atoms with E-state index in [9.17, 15) is 9.59 Å². The normalized spacial score (nSPS) is 65.9. The topological polar surface area (TPSA) is 61.8 Å². The Morgan fingerprint density at radius 1 is 1.00 bits per heavy atom. The van der Waals surface area contributed by atoms with Crippen molar-refractivity contribution < 1.29 is 23.8 Å². The minimum Gasteiger partial charge on any atom is -0.465 e. The van der Waals surface area contributed by atoms with Crippen LogP contribution in [0, 0.1) is 75.9 Å². The van der Waals surface area contributed by atoms with Crippen LogP contribution in [0.15, 0.2) is 0 Å². The Kier molecular flexibility index (Phi) is 3.06. The van der Waals surface area contributed by atoms with Crippen LogP contribution < -0.4 is 0 Å². The van der Waals surface area contributed by atoms with Crippen molar-refractivity contribution in [1.82, 2.24) is 0 Å². The van der Waals surface area contributed by atoms with Gasteiger partial charge in [-0.2, -0.15) is 0 Å². The molecule has 9 aliphatic carbocycles. The van der Waals surface area contributed by atoms with Crippen LogP contribution in [0.3, 0.4) is 0 Å². The Hall–Kier alpha value is -0.940. The molecule has 0 radical (unpaired) electrons. The van der Waals surface area contributed by atoms with Gasteiger partial charge in [0.05, 0.1) is 25.2 Å². The Morgan fingerprint density at radius 3 is 2.59 bits per heavy atom. The highest BCUT2D eigenvalue weighted by Crippen LogP contribution is 2.78. The van der Waals surface area contributed by atoms with Crippen molar-refractivity contribution in [3.63, 3.8) is 0 Å². The van der Waals surface area contributed by atoms with Crippen molar-refractivity contribution in [2.45, 2.75) is 57.7 Å². The molecule has 12 bridgehead atoms. The number of Topliss-reactive ketones (excluding diaryl/α,β-unsaturated/α-hetero) is 1. The predicted molar refractivity (Wildman–Crippen MR) is 112 cm³/mol. The van der Waals surface area contributed by atoms with E-state index in [1.54, 1.807) is 0 Å². The van der Waals surface area contributed by atoms with Crippen molar-refractivity contribution in [2.75, 3.05) is 19.8 Å². The molecule has 0 aromatic rings. The van der Waals surface area contributed by atoms with Crippen molar-refractivity contribution >= 4 is 11.8 Å². The zero-order chi connectivity index (χ0) is 21.2. The second kappa shape index (κ2) is 5.32. The summed E-state index contributed by atoms with van der Waals surface area (Å²) in [5, 5.41) is 0. The lowest BCUT2D eigenvalue weighted by Crippen LogP contribution is -2.65. The maximum absolute atomic E-state index is 13.3. The number of carbonyl (C=O) groups is 2. The molecule has 172 valence electrons. The molecular formula is C27H34O5. The lowest BCUT2D eigenvalue weighted by molar-refractivity contribution is -0.374. The first-order valence-electron chi connectivity index (χ1n) is 13.4. The van der Waals surface area contributed by atoms with E-state index in [4.69, 9.17) is 14.2 Å². The van der Waals surface area contributed by atoms with E-state index >= 15 is 0 Å².